The molecule has 36 heavy (non-hydrogen) atoms. The van der Waals surface area contributed by atoms with Crippen LogP contribution in [0.4, 0.5) is 19.0 Å². The number of alkyl halides is 3. The topological polar surface area (TPSA) is 59.3 Å². The van der Waals surface area contributed by atoms with Crippen LogP contribution in [0.5, 0.6) is 5.75 Å². The summed E-state index contributed by atoms with van der Waals surface area (Å²) in [5.74, 6) is 3.15. The molecule has 7 nitrogen and oxygen atoms in total. The zero-order valence-corrected chi connectivity index (χ0v) is 20.7. The predicted octanol–water partition coefficient (Wildman–Crippen LogP) is 4.97. The van der Waals surface area contributed by atoms with E-state index < -0.39 is 12.2 Å². The van der Waals surface area contributed by atoms with Crippen molar-refractivity contribution in [2.75, 3.05) is 25.1 Å². The molecule has 0 N–H and O–H groups in total. The molecule has 1 saturated heterocycles. The van der Waals surface area contributed by atoms with Crippen LogP contribution in [0.2, 0.25) is 5.02 Å². The number of halogens is 4. The van der Waals surface area contributed by atoms with Crippen LogP contribution in [0.3, 0.4) is 0 Å². The van der Waals surface area contributed by atoms with E-state index in [-0.39, 0.29) is 24.4 Å². The Balaban J connectivity index is 1.25. The van der Waals surface area contributed by atoms with Crippen molar-refractivity contribution in [3.8, 4) is 11.4 Å². The molecule has 4 heterocycles. The maximum Gasteiger partial charge on any atom is 0.403 e. The standard InChI is InChI=1S/C25H26ClF3N6O/c1-15(25(27,28)29)33-11-16-8-18(26)5-6-19(16)35-21(12-33)31-32-22(35)17-9-24(10-17)13-34(14-24)23-20(36-2)4-3-7-30-23/h3-8,15,17H,9-14H2,1-2H3. The molecule has 3 aliphatic rings. The third-order valence-corrected chi connectivity index (χ3v) is 8.06. The van der Waals surface area contributed by atoms with Crippen molar-refractivity contribution in [2.24, 2.45) is 5.41 Å². The predicted molar refractivity (Wildman–Crippen MR) is 129 cm³/mol. The van der Waals surface area contributed by atoms with E-state index in [1.54, 1.807) is 25.4 Å². The van der Waals surface area contributed by atoms with Crippen molar-refractivity contribution in [3.05, 3.63) is 58.8 Å². The highest BCUT2D eigenvalue weighted by molar-refractivity contribution is 6.30. The van der Waals surface area contributed by atoms with Gasteiger partial charge in [-0.25, -0.2) is 4.98 Å². The molecule has 1 aliphatic carbocycles. The molecule has 2 aliphatic heterocycles. The molecule has 3 aromatic rings. The van der Waals surface area contributed by atoms with Gasteiger partial charge in [-0.2, -0.15) is 13.2 Å². The Labute approximate surface area is 211 Å². The van der Waals surface area contributed by atoms with Crippen molar-refractivity contribution in [1.82, 2.24) is 24.6 Å². The van der Waals surface area contributed by atoms with E-state index in [9.17, 15) is 13.2 Å². The zero-order valence-electron chi connectivity index (χ0n) is 20.0. The van der Waals surface area contributed by atoms with Crippen LogP contribution < -0.4 is 9.64 Å². The van der Waals surface area contributed by atoms with Crippen molar-refractivity contribution in [3.63, 3.8) is 0 Å². The molecule has 0 radical (unpaired) electrons. The number of rotatable bonds is 4. The SMILES string of the molecule is COc1cccnc1N1CC2(CC(c3nnc4n3-c3ccc(Cl)cc3CN(C(C)C(F)(F)F)C4)C2)C1. The van der Waals surface area contributed by atoms with E-state index in [1.807, 2.05) is 22.8 Å². The first-order chi connectivity index (χ1) is 17.2. The second-order valence-electron chi connectivity index (χ2n) is 10.2. The molecule has 11 heteroatoms. The van der Waals surface area contributed by atoms with Gasteiger partial charge < -0.3 is 9.64 Å². The molecule has 2 aromatic heterocycles. The van der Waals surface area contributed by atoms with Crippen molar-refractivity contribution >= 4 is 17.4 Å². The first-order valence-corrected chi connectivity index (χ1v) is 12.3. The fourth-order valence-electron chi connectivity index (χ4n) is 5.91. The minimum atomic E-state index is -4.34. The molecule has 1 unspecified atom stereocenters. The Morgan fingerprint density at radius 3 is 2.64 bits per heavy atom. The molecule has 1 saturated carbocycles. The average molecular weight is 519 g/mol. The number of hydrogen-bond acceptors (Lipinski definition) is 6. The quantitative estimate of drug-likeness (QED) is 0.486. The Hall–Kier alpha value is -2.85. The smallest absolute Gasteiger partial charge is 0.403 e. The van der Waals surface area contributed by atoms with Gasteiger partial charge in [-0.3, -0.25) is 9.47 Å². The van der Waals surface area contributed by atoms with E-state index in [2.05, 4.69) is 20.1 Å². The summed E-state index contributed by atoms with van der Waals surface area (Å²) in [7, 11) is 1.65. The Morgan fingerprint density at radius 1 is 1.14 bits per heavy atom. The summed E-state index contributed by atoms with van der Waals surface area (Å²) < 4.78 is 48.2. The Kier molecular flexibility index (Phi) is 5.46. The maximum absolute atomic E-state index is 13.6. The normalized spacial score (nSPS) is 20.2. The van der Waals surface area contributed by atoms with Gasteiger partial charge in [0.25, 0.3) is 0 Å². The lowest BCUT2D eigenvalue weighted by Gasteiger charge is -2.59. The first kappa shape index (κ1) is 23.5. The van der Waals surface area contributed by atoms with Crippen LogP contribution in [-0.2, 0) is 13.1 Å². The second-order valence-corrected chi connectivity index (χ2v) is 10.6. The third kappa shape index (κ3) is 3.82. The van der Waals surface area contributed by atoms with Crippen LogP contribution in [0.25, 0.3) is 5.69 Å². The number of anilines is 1. The Bertz CT molecular complexity index is 1300. The summed E-state index contributed by atoms with van der Waals surface area (Å²) in [6.45, 7) is 3.16. The van der Waals surface area contributed by atoms with Gasteiger partial charge in [0.1, 0.15) is 11.9 Å². The van der Waals surface area contributed by atoms with E-state index in [1.165, 1.54) is 11.8 Å². The highest BCUT2D eigenvalue weighted by atomic mass is 35.5. The van der Waals surface area contributed by atoms with Gasteiger partial charge in [-0.1, -0.05) is 11.6 Å². The average Bonchev–Trinajstić information content (AvgIpc) is 3.11. The minimum Gasteiger partial charge on any atom is -0.493 e. The maximum atomic E-state index is 13.6. The molecule has 6 rings (SSSR count). The van der Waals surface area contributed by atoms with Gasteiger partial charge >= 0.3 is 6.18 Å². The van der Waals surface area contributed by atoms with Crippen molar-refractivity contribution in [2.45, 2.75) is 51.0 Å². The summed E-state index contributed by atoms with van der Waals surface area (Å²) in [5, 5.41) is 9.35. The van der Waals surface area contributed by atoms with Crippen molar-refractivity contribution in [1.29, 1.82) is 0 Å². The number of aromatic nitrogens is 4. The number of nitrogens with zero attached hydrogens (tertiary/aromatic N) is 6. The highest BCUT2D eigenvalue weighted by Crippen LogP contribution is 2.57. The van der Waals surface area contributed by atoms with E-state index >= 15 is 0 Å². The summed E-state index contributed by atoms with van der Waals surface area (Å²) in [5.41, 5.74) is 1.73. The minimum absolute atomic E-state index is 0.0606. The summed E-state index contributed by atoms with van der Waals surface area (Å²) in [6.07, 6.45) is -0.682. The molecule has 0 bridgehead atoms. The summed E-state index contributed by atoms with van der Waals surface area (Å²) in [4.78, 5) is 8.10. The van der Waals surface area contributed by atoms with Gasteiger partial charge in [-0.15, -0.1) is 10.2 Å². The zero-order chi connectivity index (χ0) is 25.2. The second kappa shape index (κ2) is 8.34. The highest BCUT2D eigenvalue weighted by Gasteiger charge is 2.55. The number of hydrogen-bond donors (Lipinski definition) is 0. The lowest BCUT2D eigenvalue weighted by Crippen LogP contribution is -2.62. The summed E-state index contributed by atoms with van der Waals surface area (Å²) >= 11 is 6.24. The fourth-order valence-corrected chi connectivity index (χ4v) is 6.11. The molecular weight excluding hydrogens is 493 g/mol. The molecule has 1 spiro atoms. The molecule has 190 valence electrons. The first-order valence-electron chi connectivity index (χ1n) is 12.0. The van der Waals surface area contributed by atoms with Gasteiger partial charge in [0.05, 0.1) is 19.3 Å². The van der Waals surface area contributed by atoms with Crippen LogP contribution in [0, 0.1) is 5.41 Å². The van der Waals surface area contributed by atoms with Gasteiger partial charge in [0.2, 0.25) is 0 Å². The van der Waals surface area contributed by atoms with E-state index in [0.29, 0.717) is 10.8 Å². The van der Waals surface area contributed by atoms with Crippen LogP contribution in [0.1, 0.15) is 42.9 Å². The molecular formula is C25H26ClF3N6O. The van der Waals surface area contributed by atoms with Crippen LogP contribution in [0.15, 0.2) is 36.5 Å². The molecule has 0 amide bonds. The van der Waals surface area contributed by atoms with Gasteiger partial charge in [0.15, 0.2) is 17.4 Å². The number of pyridine rings is 1. The summed E-state index contributed by atoms with van der Waals surface area (Å²) in [6, 6.07) is 7.53. The number of benzene rings is 1. The van der Waals surface area contributed by atoms with E-state index in [4.69, 9.17) is 16.3 Å². The van der Waals surface area contributed by atoms with Gasteiger partial charge in [0, 0.05) is 42.2 Å². The fraction of sp³-hybridized carbons (Fsp3) is 0.480. The van der Waals surface area contributed by atoms with E-state index in [0.717, 1.165) is 54.6 Å². The number of methoxy groups -OCH3 is 1. The lowest BCUT2D eigenvalue weighted by atomic mass is 9.57. The van der Waals surface area contributed by atoms with Crippen LogP contribution in [-0.4, -0.2) is 57.1 Å². The third-order valence-electron chi connectivity index (χ3n) is 7.82. The monoisotopic (exact) mass is 518 g/mol. The van der Waals surface area contributed by atoms with Gasteiger partial charge in [-0.05, 0) is 55.7 Å². The number of ether oxygens (including phenoxy) is 1. The van der Waals surface area contributed by atoms with Crippen molar-refractivity contribution < 1.29 is 17.9 Å². The molecule has 1 atom stereocenters. The Morgan fingerprint density at radius 2 is 1.92 bits per heavy atom. The lowest BCUT2D eigenvalue weighted by molar-refractivity contribution is -0.182. The van der Waals surface area contributed by atoms with Crippen LogP contribution >= 0.6 is 11.6 Å². The molecule has 2 fully saturated rings. The largest absolute Gasteiger partial charge is 0.493 e. The molecule has 1 aromatic carbocycles. The number of fused-ring (bicyclic) bond motifs is 3.